The Labute approximate surface area is 152 Å². The molecule has 0 unspecified atom stereocenters. The molecule has 26 heavy (non-hydrogen) atoms. The third kappa shape index (κ3) is 4.52. The SMILES string of the molecule is CCOC(=O)Cn1nnnc1[C@H](NCc1ccccc1)c1ccccc1. The first-order chi connectivity index (χ1) is 12.8. The highest BCUT2D eigenvalue weighted by atomic mass is 16.5. The Bertz CT molecular complexity index is 820. The number of tetrazole rings is 1. The van der Waals surface area contributed by atoms with Crippen LogP contribution in [0, 0.1) is 0 Å². The number of hydrogen-bond acceptors (Lipinski definition) is 6. The molecule has 3 aromatic rings. The van der Waals surface area contributed by atoms with Gasteiger partial charge in [0.2, 0.25) is 0 Å². The largest absolute Gasteiger partial charge is 0.465 e. The molecule has 0 spiro atoms. The van der Waals surface area contributed by atoms with E-state index >= 15 is 0 Å². The van der Waals surface area contributed by atoms with E-state index in [1.54, 1.807) is 6.92 Å². The van der Waals surface area contributed by atoms with Crippen LogP contribution < -0.4 is 5.32 Å². The first kappa shape index (κ1) is 17.8. The monoisotopic (exact) mass is 351 g/mol. The molecule has 2 aromatic carbocycles. The normalized spacial score (nSPS) is 11.9. The van der Waals surface area contributed by atoms with Crippen LogP contribution in [-0.4, -0.2) is 32.8 Å². The molecule has 7 heteroatoms. The first-order valence-corrected chi connectivity index (χ1v) is 8.52. The number of ether oxygens (including phenoxy) is 1. The van der Waals surface area contributed by atoms with E-state index < -0.39 is 0 Å². The van der Waals surface area contributed by atoms with Gasteiger partial charge in [0.05, 0.1) is 12.6 Å². The average Bonchev–Trinajstić information content (AvgIpc) is 3.12. The Morgan fingerprint density at radius 3 is 2.50 bits per heavy atom. The Balaban J connectivity index is 1.84. The zero-order valence-corrected chi connectivity index (χ0v) is 14.6. The number of nitrogens with zero attached hydrogens (tertiary/aromatic N) is 4. The minimum Gasteiger partial charge on any atom is -0.465 e. The summed E-state index contributed by atoms with van der Waals surface area (Å²) < 4.78 is 6.49. The smallest absolute Gasteiger partial charge is 0.327 e. The third-order valence-electron chi connectivity index (χ3n) is 3.89. The molecule has 0 fully saturated rings. The maximum Gasteiger partial charge on any atom is 0.327 e. The molecular formula is C19H21N5O2. The Hall–Kier alpha value is -3.06. The predicted octanol–water partition coefficient (Wildman–Crippen LogP) is 2.12. The Morgan fingerprint density at radius 1 is 1.12 bits per heavy atom. The summed E-state index contributed by atoms with van der Waals surface area (Å²) in [4.78, 5) is 11.8. The van der Waals surface area contributed by atoms with Crippen LogP contribution in [0.1, 0.15) is 29.9 Å². The van der Waals surface area contributed by atoms with Crippen LogP contribution >= 0.6 is 0 Å². The van der Waals surface area contributed by atoms with Gasteiger partial charge in [-0.15, -0.1) is 5.10 Å². The number of hydrogen-bond donors (Lipinski definition) is 1. The number of rotatable bonds is 8. The minimum absolute atomic E-state index is 0.0213. The van der Waals surface area contributed by atoms with Gasteiger partial charge in [0.1, 0.15) is 6.54 Å². The molecule has 7 nitrogen and oxygen atoms in total. The summed E-state index contributed by atoms with van der Waals surface area (Å²) in [5, 5.41) is 15.3. The summed E-state index contributed by atoms with van der Waals surface area (Å²) in [5.74, 6) is 0.205. The van der Waals surface area contributed by atoms with E-state index in [1.165, 1.54) is 4.68 Å². The van der Waals surface area contributed by atoms with Gasteiger partial charge < -0.3 is 4.74 Å². The lowest BCUT2D eigenvalue weighted by Gasteiger charge is -2.18. The number of benzene rings is 2. The molecule has 0 amide bonds. The van der Waals surface area contributed by atoms with Crippen LogP contribution in [0.2, 0.25) is 0 Å². The summed E-state index contributed by atoms with van der Waals surface area (Å²) in [6.45, 7) is 2.72. The Morgan fingerprint density at radius 2 is 1.81 bits per heavy atom. The fraction of sp³-hybridized carbons (Fsp3) is 0.263. The lowest BCUT2D eigenvalue weighted by molar-refractivity contribution is -0.144. The number of carbonyl (C=O) groups is 1. The van der Waals surface area contributed by atoms with Crippen molar-refractivity contribution in [2.45, 2.75) is 26.1 Å². The van der Waals surface area contributed by atoms with Crippen molar-refractivity contribution in [2.24, 2.45) is 0 Å². The molecule has 1 N–H and O–H groups in total. The summed E-state index contributed by atoms with van der Waals surface area (Å²) >= 11 is 0. The van der Waals surface area contributed by atoms with Crippen molar-refractivity contribution in [1.82, 2.24) is 25.5 Å². The quantitative estimate of drug-likeness (QED) is 0.626. The molecule has 0 aliphatic carbocycles. The second-order valence-corrected chi connectivity index (χ2v) is 5.71. The number of carbonyl (C=O) groups excluding carboxylic acids is 1. The second-order valence-electron chi connectivity index (χ2n) is 5.71. The highest BCUT2D eigenvalue weighted by Gasteiger charge is 2.22. The third-order valence-corrected chi connectivity index (χ3v) is 3.89. The van der Waals surface area contributed by atoms with Gasteiger partial charge in [0, 0.05) is 6.54 Å². The highest BCUT2D eigenvalue weighted by molar-refractivity contribution is 5.69. The summed E-state index contributed by atoms with van der Waals surface area (Å²) in [7, 11) is 0. The molecule has 1 aromatic heterocycles. The van der Waals surface area contributed by atoms with Crippen molar-refractivity contribution in [3.63, 3.8) is 0 Å². The van der Waals surface area contributed by atoms with E-state index in [0.717, 1.165) is 11.1 Å². The van der Waals surface area contributed by atoms with Crippen molar-refractivity contribution in [3.8, 4) is 0 Å². The van der Waals surface area contributed by atoms with E-state index in [1.807, 2.05) is 48.5 Å². The van der Waals surface area contributed by atoms with Gasteiger partial charge >= 0.3 is 5.97 Å². The van der Waals surface area contributed by atoms with E-state index in [0.29, 0.717) is 19.0 Å². The van der Waals surface area contributed by atoms with E-state index in [4.69, 9.17) is 4.74 Å². The molecule has 0 aliphatic heterocycles. The predicted molar refractivity (Wildman–Crippen MR) is 96.0 cm³/mol. The highest BCUT2D eigenvalue weighted by Crippen LogP contribution is 2.20. The number of nitrogens with one attached hydrogen (secondary N) is 1. The standard InChI is InChI=1S/C19H21N5O2/c1-2-26-17(25)14-24-19(21-22-23-24)18(16-11-7-4-8-12-16)20-13-15-9-5-3-6-10-15/h3-12,18,20H,2,13-14H2,1H3/t18-/m1/s1. The molecule has 1 atom stereocenters. The first-order valence-electron chi connectivity index (χ1n) is 8.52. The maximum absolute atomic E-state index is 11.8. The van der Waals surface area contributed by atoms with Crippen molar-refractivity contribution >= 4 is 5.97 Å². The van der Waals surface area contributed by atoms with Crippen molar-refractivity contribution in [2.75, 3.05) is 6.61 Å². The fourth-order valence-corrected chi connectivity index (χ4v) is 2.68. The average molecular weight is 351 g/mol. The lowest BCUT2D eigenvalue weighted by atomic mass is 10.1. The summed E-state index contributed by atoms with van der Waals surface area (Å²) in [5.41, 5.74) is 2.17. The van der Waals surface area contributed by atoms with Crippen LogP contribution in [0.3, 0.4) is 0 Å². The van der Waals surface area contributed by atoms with Gasteiger partial charge in [-0.3, -0.25) is 10.1 Å². The van der Waals surface area contributed by atoms with Gasteiger partial charge in [0.15, 0.2) is 5.82 Å². The minimum atomic E-state index is -0.365. The van der Waals surface area contributed by atoms with Gasteiger partial charge in [-0.25, -0.2) is 4.68 Å². The molecule has 0 saturated carbocycles. The van der Waals surface area contributed by atoms with Crippen LogP contribution in [-0.2, 0) is 22.6 Å². The summed E-state index contributed by atoms with van der Waals surface area (Å²) in [6, 6.07) is 19.7. The molecule has 0 radical (unpaired) electrons. The van der Waals surface area contributed by atoms with Crippen LogP contribution in [0.5, 0.6) is 0 Å². The van der Waals surface area contributed by atoms with Crippen LogP contribution in [0.4, 0.5) is 0 Å². The number of aromatic nitrogens is 4. The van der Waals surface area contributed by atoms with E-state index in [2.05, 4.69) is 33.0 Å². The zero-order valence-electron chi connectivity index (χ0n) is 14.6. The van der Waals surface area contributed by atoms with E-state index in [-0.39, 0.29) is 18.6 Å². The van der Waals surface area contributed by atoms with Gasteiger partial charge in [0.25, 0.3) is 0 Å². The van der Waals surface area contributed by atoms with Crippen molar-refractivity contribution < 1.29 is 9.53 Å². The van der Waals surface area contributed by atoms with Gasteiger partial charge in [-0.1, -0.05) is 60.7 Å². The molecule has 3 rings (SSSR count). The Kier molecular flexibility index (Phi) is 6.05. The molecular weight excluding hydrogens is 330 g/mol. The molecule has 0 aliphatic rings. The maximum atomic E-state index is 11.8. The number of esters is 1. The van der Waals surface area contributed by atoms with Gasteiger partial charge in [-0.2, -0.15) is 0 Å². The molecule has 134 valence electrons. The van der Waals surface area contributed by atoms with Crippen molar-refractivity contribution in [1.29, 1.82) is 0 Å². The molecule has 0 bridgehead atoms. The van der Waals surface area contributed by atoms with Crippen LogP contribution in [0.25, 0.3) is 0 Å². The topological polar surface area (TPSA) is 81.9 Å². The van der Waals surface area contributed by atoms with Gasteiger partial charge in [-0.05, 0) is 28.5 Å². The van der Waals surface area contributed by atoms with Crippen molar-refractivity contribution in [3.05, 3.63) is 77.6 Å². The molecule has 0 saturated heterocycles. The fourth-order valence-electron chi connectivity index (χ4n) is 2.68. The molecule has 1 heterocycles. The van der Waals surface area contributed by atoms with Crippen LogP contribution in [0.15, 0.2) is 60.7 Å². The lowest BCUT2D eigenvalue weighted by Crippen LogP contribution is -2.27. The zero-order chi connectivity index (χ0) is 18.2. The van der Waals surface area contributed by atoms with E-state index in [9.17, 15) is 4.79 Å². The summed E-state index contributed by atoms with van der Waals surface area (Å²) in [6.07, 6.45) is 0. The second kappa shape index (κ2) is 8.87.